The third kappa shape index (κ3) is 4.62. The van der Waals surface area contributed by atoms with Crippen molar-refractivity contribution >= 4 is 19.7 Å². The second kappa shape index (κ2) is 8.57. The Morgan fingerprint density at radius 2 is 1.64 bits per heavy atom. The number of nitrogens with zero attached hydrogens (tertiary/aromatic N) is 2. The largest absolute Gasteiger partial charge is 0.454 e. The van der Waals surface area contributed by atoms with E-state index >= 15 is 0 Å². The van der Waals surface area contributed by atoms with E-state index in [0.717, 1.165) is 42.3 Å². The van der Waals surface area contributed by atoms with Crippen LogP contribution in [0.2, 0.25) is 0 Å². The van der Waals surface area contributed by atoms with Gasteiger partial charge in [0.1, 0.15) is 0 Å². The van der Waals surface area contributed by atoms with Gasteiger partial charge in [-0.25, -0.2) is 16.8 Å². The van der Waals surface area contributed by atoms with Crippen LogP contribution in [0.3, 0.4) is 0 Å². The number of benzene rings is 2. The Bertz CT molecular complexity index is 1240. The molecule has 2 unspecified atom stereocenters. The first-order valence-corrected chi connectivity index (χ1v) is 14.4. The van der Waals surface area contributed by atoms with Crippen molar-refractivity contribution in [3.63, 3.8) is 0 Å². The summed E-state index contributed by atoms with van der Waals surface area (Å²) in [6, 6.07) is 12.1. The highest BCUT2D eigenvalue weighted by Crippen LogP contribution is 2.33. The molecule has 0 aliphatic carbocycles. The van der Waals surface area contributed by atoms with Gasteiger partial charge >= 0.3 is 0 Å². The first kappa shape index (κ1) is 22.6. The van der Waals surface area contributed by atoms with Gasteiger partial charge in [-0.3, -0.25) is 9.80 Å². The molecule has 2 aromatic rings. The van der Waals surface area contributed by atoms with Crippen molar-refractivity contribution < 1.29 is 26.3 Å². The van der Waals surface area contributed by atoms with Gasteiger partial charge in [-0.15, -0.1) is 0 Å². The number of ether oxygens (including phenoxy) is 2. The van der Waals surface area contributed by atoms with E-state index in [-0.39, 0.29) is 23.2 Å². The molecule has 0 spiro atoms. The summed E-state index contributed by atoms with van der Waals surface area (Å²) in [5.74, 6) is 1.09. The summed E-state index contributed by atoms with van der Waals surface area (Å²) in [5.41, 5.74) is 2.08. The quantitative estimate of drug-likeness (QED) is 0.620. The van der Waals surface area contributed by atoms with E-state index in [1.165, 1.54) is 0 Å². The summed E-state index contributed by atoms with van der Waals surface area (Å²) in [7, 11) is -7.17. The number of piperazine rings is 1. The van der Waals surface area contributed by atoms with Crippen LogP contribution in [0, 0.1) is 6.92 Å². The molecule has 0 bridgehead atoms. The average molecular weight is 493 g/mol. The maximum absolute atomic E-state index is 13.4. The molecule has 3 aliphatic heterocycles. The molecule has 3 heterocycles. The van der Waals surface area contributed by atoms with E-state index in [9.17, 15) is 16.8 Å². The SMILES string of the molecule is Cc1ccc(S(=O)(=O)C2CS(=O)(=O)CC2N2CCN(Cc3ccc4c(c3)OCO4)CC2)cc1. The van der Waals surface area contributed by atoms with Crippen LogP contribution in [0.5, 0.6) is 11.5 Å². The molecule has 10 heteroatoms. The summed E-state index contributed by atoms with van der Waals surface area (Å²) in [4.78, 5) is 4.54. The first-order valence-electron chi connectivity index (χ1n) is 11.1. The standard InChI is InChI=1S/C23H28N2O6S2/c1-17-2-5-19(6-3-17)33(28,29)23-15-32(26,27)14-20(23)25-10-8-24(9-11-25)13-18-4-7-21-22(12-18)31-16-30-21/h2-7,12,20,23H,8-11,13-16H2,1H3. The van der Waals surface area contributed by atoms with Crippen molar-refractivity contribution in [2.24, 2.45) is 0 Å². The molecule has 2 saturated heterocycles. The van der Waals surface area contributed by atoms with Crippen molar-refractivity contribution in [3.05, 3.63) is 53.6 Å². The third-order valence-corrected chi connectivity index (χ3v) is 10.9. The molecule has 8 nitrogen and oxygen atoms in total. The van der Waals surface area contributed by atoms with Gasteiger partial charge in [-0.1, -0.05) is 23.8 Å². The summed E-state index contributed by atoms with van der Waals surface area (Å²) in [5, 5.41) is -0.939. The van der Waals surface area contributed by atoms with Gasteiger partial charge in [-0.05, 0) is 36.8 Å². The molecule has 2 fully saturated rings. The normalized spacial score (nSPS) is 25.4. The van der Waals surface area contributed by atoms with E-state index in [0.29, 0.717) is 13.1 Å². The number of hydrogen-bond donors (Lipinski definition) is 0. The van der Waals surface area contributed by atoms with Crippen molar-refractivity contribution in [2.45, 2.75) is 29.7 Å². The third-order valence-electron chi connectivity index (χ3n) is 6.74. The van der Waals surface area contributed by atoms with E-state index in [1.54, 1.807) is 24.3 Å². The minimum Gasteiger partial charge on any atom is -0.454 e. The number of fused-ring (bicyclic) bond motifs is 1. The van der Waals surface area contributed by atoms with Crippen LogP contribution in [0.4, 0.5) is 0 Å². The second-order valence-electron chi connectivity index (χ2n) is 9.04. The van der Waals surface area contributed by atoms with Crippen molar-refractivity contribution in [3.8, 4) is 11.5 Å². The summed E-state index contributed by atoms with van der Waals surface area (Å²) >= 11 is 0. The van der Waals surface area contributed by atoms with Gasteiger partial charge in [0.2, 0.25) is 6.79 Å². The van der Waals surface area contributed by atoms with Gasteiger partial charge < -0.3 is 9.47 Å². The predicted molar refractivity (Wildman–Crippen MR) is 124 cm³/mol. The van der Waals surface area contributed by atoms with E-state index in [1.807, 2.05) is 25.1 Å². The lowest BCUT2D eigenvalue weighted by Crippen LogP contribution is -2.54. The van der Waals surface area contributed by atoms with E-state index in [2.05, 4.69) is 9.80 Å². The molecule has 2 aromatic carbocycles. The minimum absolute atomic E-state index is 0.106. The van der Waals surface area contributed by atoms with Crippen LogP contribution in [0.25, 0.3) is 0 Å². The van der Waals surface area contributed by atoms with Crippen molar-refractivity contribution in [1.29, 1.82) is 0 Å². The highest BCUT2D eigenvalue weighted by atomic mass is 32.2. The molecule has 178 valence electrons. The number of hydrogen-bond acceptors (Lipinski definition) is 8. The fourth-order valence-electron chi connectivity index (χ4n) is 4.89. The zero-order chi connectivity index (χ0) is 23.2. The fraction of sp³-hybridized carbons (Fsp3) is 0.478. The van der Waals surface area contributed by atoms with Crippen LogP contribution in [0.1, 0.15) is 11.1 Å². The average Bonchev–Trinajstić information content (AvgIpc) is 3.38. The van der Waals surface area contributed by atoms with Crippen LogP contribution in [-0.4, -0.2) is 82.4 Å². The van der Waals surface area contributed by atoms with Crippen molar-refractivity contribution in [2.75, 3.05) is 44.5 Å². The fourth-order valence-corrected chi connectivity index (χ4v) is 9.72. The lowest BCUT2D eigenvalue weighted by Gasteiger charge is -2.39. The monoisotopic (exact) mass is 492 g/mol. The molecular weight excluding hydrogens is 464 g/mol. The Kier molecular flexibility index (Phi) is 5.88. The Labute approximate surface area is 194 Å². The zero-order valence-electron chi connectivity index (χ0n) is 18.5. The topological polar surface area (TPSA) is 93.2 Å². The van der Waals surface area contributed by atoms with Crippen molar-refractivity contribution in [1.82, 2.24) is 9.80 Å². The lowest BCUT2D eigenvalue weighted by molar-refractivity contribution is 0.101. The van der Waals surface area contributed by atoms with E-state index < -0.39 is 31.0 Å². The molecule has 0 N–H and O–H groups in total. The Morgan fingerprint density at radius 1 is 0.939 bits per heavy atom. The highest BCUT2D eigenvalue weighted by Gasteiger charge is 2.48. The lowest BCUT2D eigenvalue weighted by atomic mass is 10.1. The van der Waals surface area contributed by atoms with Gasteiger partial charge in [0, 0.05) is 38.8 Å². The molecule has 3 aliphatic rings. The smallest absolute Gasteiger partial charge is 0.231 e. The number of aryl methyl sites for hydroxylation is 1. The van der Waals surface area contributed by atoms with Crippen LogP contribution in [-0.2, 0) is 26.2 Å². The van der Waals surface area contributed by atoms with E-state index in [4.69, 9.17) is 9.47 Å². The highest BCUT2D eigenvalue weighted by molar-refractivity contribution is 7.96. The molecule has 33 heavy (non-hydrogen) atoms. The van der Waals surface area contributed by atoms with Crippen LogP contribution < -0.4 is 9.47 Å². The zero-order valence-corrected chi connectivity index (χ0v) is 20.1. The predicted octanol–water partition coefficient (Wildman–Crippen LogP) is 1.48. The Hall–Kier alpha value is -2.14. The van der Waals surface area contributed by atoms with Gasteiger partial charge in [-0.2, -0.15) is 0 Å². The summed E-state index contributed by atoms with van der Waals surface area (Å²) in [6.07, 6.45) is 0. The van der Waals surface area contributed by atoms with Crippen LogP contribution >= 0.6 is 0 Å². The molecule has 0 aromatic heterocycles. The maximum atomic E-state index is 13.4. The summed E-state index contributed by atoms with van der Waals surface area (Å²) in [6.45, 7) is 5.62. The van der Waals surface area contributed by atoms with Gasteiger partial charge in [0.25, 0.3) is 0 Å². The molecule has 5 rings (SSSR count). The number of rotatable bonds is 5. The molecule has 0 saturated carbocycles. The molecular formula is C23H28N2O6S2. The second-order valence-corrected chi connectivity index (χ2v) is 13.4. The Morgan fingerprint density at radius 3 is 2.36 bits per heavy atom. The van der Waals surface area contributed by atoms with Gasteiger partial charge in [0.15, 0.2) is 31.2 Å². The Balaban J connectivity index is 1.28. The minimum atomic E-state index is -3.75. The maximum Gasteiger partial charge on any atom is 0.231 e. The molecule has 0 amide bonds. The first-order chi connectivity index (χ1) is 15.7. The van der Waals surface area contributed by atoms with Gasteiger partial charge in [0.05, 0.1) is 21.7 Å². The number of sulfone groups is 2. The van der Waals surface area contributed by atoms with Crippen LogP contribution in [0.15, 0.2) is 47.4 Å². The summed E-state index contributed by atoms with van der Waals surface area (Å²) < 4.78 is 62.5. The molecule has 0 radical (unpaired) electrons. The molecule has 2 atom stereocenters.